The van der Waals surface area contributed by atoms with Crippen molar-refractivity contribution in [3.8, 4) is 0 Å². The van der Waals surface area contributed by atoms with Gasteiger partial charge in [0, 0.05) is 10.9 Å². The van der Waals surface area contributed by atoms with Crippen molar-refractivity contribution in [3.63, 3.8) is 0 Å². The van der Waals surface area contributed by atoms with E-state index in [1.807, 2.05) is 26.0 Å². The number of carbonyl (C=O) groups is 1. The standard InChI is InChI=1S/C11H17NOS/c1-7(2)9(4)12-11(13)10-6-5-8(3)14-10/h5-7,9H,1-4H3,(H,12,13). The molecule has 14 heavy (non-hydrogen) atoms. The van der Waals surface area contributed by atoms with Gasteiger partial charge in [-0.1, -0.05) is 13.8 Å². The van der Waals surface area contributed by atoms with E-state index in [-0.39, 0.29) is 11.9 Å². The average Bonchev–Trinajstić information content (AvgIpc) is 2.51. The van der Waals surface area contributed by atoms with Gasteiger partial charge in [0.25, 0.3) is 5.91 Å². The Morgan fingerprint density at radius 3 is 2.43 bits per heavy atom. The smallest absolute Gasteiger partial charge is 0.261 e. The Bertz CT molecular complexity index is 317. The van der Waals surface area contributed by atoms with Crippen LogP contribution < -0.4 is 5.32 Å². The molecular formula is C11H17NOS. The molecule has 3 heteroatoms. The number of carbonyl (C=O) groups excluding carboxylic acids is 1. The highest BCUT2D eigenvalue weighted by atomic mass is 32.1. The van der Waals surface area contributed by atoms with E-state index in [0.717, 1.165) is 4.88 Å². The van der Waals surface area contributed by atoms with Crippen molar-refractivity contribution in [1.29, 1.82) is 0 Å². The van der Waals surface area contributed by atoms with E-state index in [1.54, 1.807) is 0 Å². The molecule has 0 saturated carbocycles. The molecule has 0 spiro atoms. The summed E-state index contributed by atoms with van der Waals surface area (Å²) >= 11 is 1.54. The highest BCUT2D eigenvalue weighted by Gasteiger charge is 2.13. The number of thiophene rings is 1. The van der Waals surface area contributed by atoms with Gasteiger partial charge >= 0.3 is 0 Å². The first-order valence-corrected chi connectivity index (χ1v) is 5.69. The minimum Gasteiger partial charge on any atom is -0.349 e. The van der Waals surface area contributed by atoms with Crippen LogP contribution in [-0.4, -0.2) is 11.9 Å². The van der Waals surface area contributed by atoms with E-state index < -0.39 is 0 Å². The maximum atomic E-state index is 11.7. The number of nitrogens with one attached hydrogen (secondary N) is 1. The number of hydrogen-bond acceptors (Lipinski definition) is 2. The fraction of sp³-hybridized carbons (Fsp3) is 0.545. The Balaban J connectivity index is 2.59. The first-order chi connectivity index (χ1) is 6.50. The van der Waals surface area contributed by atoms with Crippen LogP contribution in [0.3, 0.4) is 0 Å². The lowest BCUT2D eigenvalue weighted by Crippen LogP contribution is -2.35. The fourth-order valence-corrected chi connectivity index (χ4v) is 1.77. The summed E-state index contributed by atoms with van der Waals surface area (Å²) < 4.78 is 0. The quantitative estimate of drug-likeness (QED) is 0.818. The van der Waals surface area contributed by atoms with E-state index in [1.165, 1.54) is 16.2 Å². The van der Waals surface area contributed by atoms with E-state index in [2.05, 4.69) is 19.2 Å². The van der Waals surface area contributed by atoms with Gasteiger partial charge in [-0.05, 0) is 31.9 Å². The van der Waals surface area contributed by atoms with Crippen LogP contribution in [0.1, 0.15) is 35.3 Å². The lowest BCUT2D eigenvalue weighted by atomic mass is 10.1. The molecule has 1 amide bonds. The molecule has 0 aliphatic carbocycles. The van der Waals surface area contributed by atoms with E-state index >= 15 is 0 Å². The monoisotopic (exact) mass is 211 g/mol. The zero-order valence-electron chi connectivity index (χ0n) is 9.13. The number of amides is 1. The van der Waals surface area contributed by atoms with Crippen molar-refractivity contribution in [2.75, 3.05) is 0 Å². The Hall–Kier alpha value is -0.830. The SMILES string of the molecule is Cc1ccc(C(=O)NC(C)C(C)C)s1. The molecule has 1 N–H and O–H groups in total. The summed E-state index contributed by atoms with van der Waals surface area (Å²) in [5, 5.41) is 2.98. The minimum absolute atomic E-state index is 0.0456. The molecule has 0 bridgehead atoms. The van der Waals surface area contributed by atoms with Crippen LogP contribution in [0, 0.1) is 12.8 Å². The highest BCUT2D eigenvalue weighted by molar-refractivity contribution is 7.13. The van der Waals surface area contributed by atoms with Crippen LogP contribution in [0.2, 0.25) is 0 Å². The van der Waals surface area contributed by atoms with E-state index in [0.29, 0.717) is 5.92 Å². The largest absolute Gasteiger partial charge is 0.349 e. The molecule has 0 radical (unpaired) electrons. The van der Waals surface area contributed by atoms with Crippen molar-refractivity contribution in [3.05, 3.63) is 21.9 Å². The van der Waals surface area contributed by atoms with Gasteiger partial charge in [0.2, 0.25) is 0 Å². The van der Waals surface area contributed by atoms with Crippen LogP contribution >= 0.6 is 11.3 Å². The maximum absolute atomic E-state index is 11.7. The molecule has 1 aromatic rings. The molecule has 0 saturated heterocycles. The predicted octanol–water partition coefficient (Wildman–Crippen LogP) is 2.83. The third-order valence-corrected chi connectivity index (χ3v) is 3.32. The molecule has 0 aliphatic heterocycles. The second kappa shape index (κ2) is 4.60. The van der Waals surface area contributed by atoms with Gasteiger partial charge in [-0.2, -0.15) is 0 Å². The summed E-state index contributed by atoms with van der Waals surface area (Å²) in [6.07, 6.45) is 0. The maximum Gasteiger partial charge on any atom is 0.261 e. The Kier molecular flexibility index (Phi) is 3.69. The molecule has 1 rings (SSSR count). The summed E-state index contributed by atoms with van der Waals surface area (Å²) in [6, 6.07) is 4.08. The van der Waals surface area contributed by atoms with Crippen molar-refractivity contribution in [2.45, 2.75) is 33.7 Å². The fourth-order valence-electron chi connectivity index (χ4n) is 1.00. The molecule has 0 aliphatic rings. The van der Waals surface area contributed by atoms with Gasteiger partial charge in [-0.25, -0.2) is 0 Å². The summed E-state index contributed by atoms with van der Waals surface area (Å²) in [6.45, 7) is 8.24. The second-order valence-corrected chi connectivity index (χ2v) is 5.20. The topological polar surface area (TPSA) is 29.1 Å². The van der Waals surface area contributed by atoms with Crippen LogP contribution in [0.15, 0.2) is 12.1 Å². The van der Waals surface area contributed by atoms with Gasteiger partial charge < -0.3 is 5.32 Å². The van der Waals surface area contributed by atoms with Crippen molar-refractivity contribution >= 4 is 17.2 Å². The minimum atomic E-state index is 0.0456. The Morgan fingerprint density at radius 1 is 1.36 bits per heavy atom. The molecule has 0 fully saturated rings. The lowest BCUT2D eigenvalue weighted by Gasteiger charge is -2.16. The van der Waals surface area contributed by atoms with Crippen LogP contribution in [0.25, 0.3) is 0 Å². The van der Waals surface area contributed by atoms with Crippen molar-refractivity contribution in [2.24, 2.45) is 5.92 Å². The normalized spacial score (nSPS) is 12.9. The molecule has 78 valence electrons. The zero-order valence-corrected chi connectivity index (χ0v) is 9.94. The van der Waals surface area contributed by atoms with Crippen molar-refractivity contribution < 1.29 is 4.79 Å². The second-order valence-electron chi connectivity index (χ2n) is 3.92. The molecule has 1 aromatic heterocycles. The third-order valence-electron chi connectivity index (χ3n) is 2.32. The third kappa shape index (κ3) is 2.84. The molecule has 1 heterocycles. The average molecular weight is 211 g/mol. The molecule has 0 aromatic carbocycles. The molecule has 2 nitrogen and oxygen atoms in total. The van der Waals surface area contributed by atoms with E-state index in [9.17, 15) is 4.79 Å². The summed E-state index contributed by atoms with van der Waals surface area (Å²) in [4.78, 5) is 13.6. The van der Waals surface area contributed by atoms with Gasteiger partial charge in [0.05, 0.1) is 4.88 Å². The molecular weight excluding hydrogens is 194 g/mol. The number of rotatable bonds is 3. The van der Waals surface area contributed by atoms with Crippen LogP contribution in [0.5, 0.6) is 0 Å². The number of hydrogen-bond donors (Lipinski definition) is 1. The van der Waals surface area contributed by atoms with Crippen LogP contribution in [-0.2, 0) is 0 Å². The van der Waals surface area contributed by atoms with Gasteiger partial charge in [0.15, 0.2) is 0 Å². The lowest BCUT2D eigenvalue weighted by molar-refractivity contribution is 0.0934. The first kappa shape index (κ1) is 11.2. The first-order valence-electron chi connectivity index (χ1n) is 4.88. The van der Waals surface area contributed by atoms with E-state index in [4.69, 9.17) is 0 Å². The summed E-state index contributed by atoms with van der Waals surface area (Å²) in [5.41, 5.74) is 0. The molecule has 1 unspecified atom stereocenters. The summed E-state index contributed by atoms with van der Waals surface area (Å²) in [5.74, 6) is 0.518. The Morgan fingerprint density at radius 2 is 2.00 bits per heavy atom. The van der Waals surface area contributed by atoms with Gasteiger partial charge in [-0.3, -0.25) is 4.79 Å². The predicted molar refractivity (Wildman–Crippen MR) is 60.8 cm³/mol. The zero-order chi connectivity index (χ0) is 10.7. The Labute approximate surface area is 89.3 Å². The summed E-state index contributed by atoms with van der Waals surface area (Å²) in [7, 11) is 0. The molecule has 1 atom stereocenters. The van der Waals surface area contributed by atoms with Crippen LogP contribution in [0.4, 0.5) is 0 Å². The van der Waals surface area contributed by atoms with Gasteiger partial charge in [0.1, 0.15) is 0 Å². The van der Waals surface area contributed by atoms with Crippen molar-refractivity contribution in [1.82, 2.24) is 5.32 Å². The van der Waals surface area contributed by atoms with Gasteiger partial charge in [-0.15, -0.1) is 11.3 Å². The number of aryl methyl sites for hydroxylation is 1. The highest BCUT2D eigenvalue weighted by Crippen LogP contribution is 2.15.